The van der Waals surface area contributed by atoms with Crippen LogP contribution in [-0.2, 0) is 6.61 Å². The zero-order valence-corrected chi connectivity index (χ0v) is 9.59. The molecule has 2 aromatic rings. The maximum Gasteiger partial charge on any atom is 0.213 e. The van der Waals surface area contributed by atoms with Crippen LogP contribution in [0.15, 0.2) is 42.6 Å². The lowest BCUT2D eigenvalue weighted by Crippen LogP contribution is -1.97. The molecule has 4 nitrogen and oxygen atoms in total. The van der Waals surface area contributed by atoms with Gasteiger partial charge in [0.05, 0.1) is 13.3 Å². The van der Waals surface area contributed by atoms with Crippen molar-refractivity contribution in [2.75, 3.05) is 12.8 Å². The Labute approximate surface area is 100 Å². The van der Waals surface area contributed by atoms with E-state index in [9.17, 15) is 0 Å². The van der Waals surface area contributed by atoms with E-state index in [0.29, 0.717) is 18.2 Å². The van der Waals surface area contributed by atoms with Crippen LogP contribution < -0.4 is 15.2 Å². The fraction of sp³-hybridized carbons (Fsp3) is 0.154. The summed E-state index contributed by atoms with van der Waals surface area (Å²) < 4.78 is 10.5. The third-order valence-corrected chi connectivity index (χ3v) is 2.31. The Bertz CT molecular complexity index is 466. The normalized spacial score (nSPS) is 9.94. The summed E-state index contributed by atoms with van der Waals surface area (Å²) in [5, 5.41) is 0. The zero-order valence-electron chi connectivity index (χ0n) is 9.59. The number of nitrogens with zero attached hydrogens (tertiary/aromatic N) is 1. The molecule has 17 heavy (non-hydrogen) atoms. The molecule has 1 aromatic heterocycles. The number of pyridine rings is 1. The largest absolute Gasteiger partial charge is 0.495 e. The summed E-state index contributed by atoms with van der Waals surface area (Å²) in [5.41, 5.74) is 7.40. The smallest absolute Gasteiger partial charge is 0.213 e. The molecule has 0 amide bonds. The van der Waals surface area contributed by atoms with Gasteiger partial charge in [0.15, 0.2) is 0 Å². The number of rotatable bonds is 4. The minimum atomic E-state index is 0.472. The number of nitrogen functional groups attached to an aromatic ring is 1. The number of benzene rings is 1. The van der Waals surface area contributed by atoms with Crippen molar-refractivity contribution in [3.8, 4) is 11.6 Å². The van der Waals surface area contributed by atoms with Gasteiger partial charge in [-0.15, -0.1) is 0 Å². The molecule has 0 saturated heterocycles. The standard InChI is InChI=1S/C13H14N2O2/c1-16-12-6-7-13(15-8-12)17-9-10-2-4-11(14)5-3-10/h2-8H,9,14H2,1H3. The van der Waals surface area contributed by atoms with Crippen molar-refractivity contribution >= 4 is 5.69 Å². The molecule has 0 aliphatic rings. The SMILES string of the molecule is COc1ccc(OCc2ccc(N)cc2)nc1. The van der Waals surface area contributed by atoms with Gasteiger partial charge < -0.3 is 15.2 Å². The van der Waals surface area contributed by atoms with Crippen LogP contribution in [0.5, 0.6) is 11.6 Å². The molecule has 0 spiro atoms. The first kappa shape index (κ1) is 11.3. The summed E-state index contributed by atoms with van der Waals surface area (Å²) >= 11 is 0. The monoisotopic (exact) mass is 230 g/mol. The van der Waals surface area contributed by atoms with Crippen LogP contribution in [0.4, 0.5) is 5.69 Å². The van der Waals surface area contributed by atoms with E-state index in [1.807, 2.05) is 30.3 Å². The molecule has 2 rings (SSSR count). The zero-order chi connectivity index (χ0) is 12.1. The molecule has 0 fully saturated rings. The molecule has 2 N–H and O–H groups in total. The molecular formula is C13H14N2O2. The second kappa shape index (κ2) is 5.21. The average Bonchev–Trinajstić information content (AvgIpc) is 2.39. The molecule has 0 unspecified atom stereocenters. The number of nitrogens with two attached hydrogens (primary N) is 1. The molecule has 88 valence electrons. The van der Waals surface area contributed by atoms with Crippen molar-refractivity contribution in [2.24, 2.45) is 0 Å². The molecule has 0 saturated carbocycles. The molecule has 0 aliphatic carbocycles. The van der Waals surface area contributed by atoms with E-state index in [1.165, 1.54) is 0 Å². The van der Waals surface area contributed by atoms with Crippen molar-refractivity contribution in [2.45, 2.75) is 6.61 Å². The maximum absolute atomic E-state index is 5.60. The summed E-state index contributed by atoms with van der Waals surface area (Å²) in [6, 6.07) is 11.1. The van der Waals surface area contributed by atoms with Crippen LogP contribution in [0.2, 0.25) is 0 Å². The second-order valence-electron chi connectivity index (χ2n) is 3.57. The van der Waals surface area contributed by atoms with Gasteiger partial charge in [-0.2, -0.15) is 0 Å². The molecule has 4 heteroatoms. The minimum Gasteiger partial charge on any atom is -0.495 e. The predicted octanol–water partition coefficient (Wildman–Crippen LogP) is 2.25. The van der Waals surface area contributed by atoms with E-state index in [0.717, 1.165) is 11.3 Å². The lowest BCUT2D eigenvalue weighted by atomic mass is 10.2. The van der Waals surface area contributed by atoms with Gasteiger partial charge in [0.2, 0.25) is 5.88 Å². The van der Waals surface area contributed by atoms with Crippen LogP contribution in [0.3, 0.4) is 0 Å². The average molecular weight is 230 g/mol. The van der Waals surface area contributed by atoms with E-state index in [2.05, 4.69) is 4.98 Å². The molecule has 1 aromatic carbocycles. The Kier molecular flexibility index (Phi) is 3.45. The van der Waals surface area contributed by atoms with Gasteiger partial charge in [0.25, 0.3) is 0 Å². The van der Waals surface area contributed by atoms with Gasteiger partial charge in [0.1, 0.15) is 12.4 Å². The van der Waals surface area contributed by atoms with E-state index in [4.69, 9.17) is 15.2 Å². The summed E-state index contributed by atoms with van der Waals surface area (Å²) in [6.07, 6.45) is 1.62. The molecule has 0 aliphatic heterocycles. The number of aromatic nitrogens is 1. The van der Waals surface area contributed by atoms with Gasteiger partial charge in [-0.3, -0.25) is 0 Å². The Morgan fingerprint density at radius 1 is 1.12 bits per heavy atom. The van der Waals surface area contributed by atoms with Crippen molar-refractivity contribution in [3.05, 3.63) is 48.2 Å². The van der Waals surface area contributed by atoms with Gasteiger partial charge in [-0.25, -0.2) is 4.98 Å². The van der Waals surface area contributed by atoms with Crippen molar-refractivity contribution in [1.82, 2.24) is 4.98 Å². The summed E-state index contributed by atoms with van der Waals surface area (Å²) in [4.78, 5) is 4.11. The molecule has 1 heterocycles. The van der Waals surface area contributed by atoms with E-state index >= 15 is 0 Å². The minimum absolute atomic E-state index is 0.472. The summed E-state index contributed by atoms with van der Waals surface area (Å²) in [5.74, 6) is 1.28. The van der Waals surface area contributed by atoms with E-state index in [1.54, 1.807) is 19.4 Å². The quantitative estimate of drug-likeness (QED) is 0.818. The first-order valence-corrected chi connectivity index (χ1v) is 5.25. The number of methoxy groups -OCH3 is 1. The number of hydrogen-bond acceptors (Lipinski definition) is 4. The number of ether oxygens (including phenoxy) is 2. The van der Waals surface area contributed by atoms with Crippen LogP contribution in [0.25, 0.3) is 0 Å². The van der Waals surface area contributed by atoms with Gasteiger partial charge in [-0.1, -0.05) is 12.1 Å². The fourth-order valence-electron chi connectivity index (χ4n) is 1.34. The fourth-order valence-corrected chi connectivity index (χ4v) is 1.34. The molecular weight excluding hydrogens is 216 g/mol. The topological polar surface area (TPSA) is 57.4 Å². The second-order valence-corrected chi connectivity index (χ2v) is 3.57. The van der Waals surface area contributed by atoms with Crippen molar-refractivity contribution in [3.63, 3.8) is 0 Å². The van der Waals surface area contributed by atoms with Crippen molar-refractivity contribution in [1.29, 1.82) is 0 Å². The van der Waals surface area contributed by atoms with Gasteiger partial charge >= 0.3 is 0 Å². The Morgan fingerprint density at radius 3 is 2.47 bits per heavy atom. The van der Waals surface area contributed by atoms with Crippen molar-refractivity contribution < 1.29 is 9.47 Å². The molecule has 0 atom stereocenters. The third kappa shape index (κ3) is 3.11. The Morgan fingerprint density at radius 2 is 1.88 bits per heavy atom. The van der Waals surface area contributed by atoms with Gasteiger partial charge in [0, 0.05) is 11.8 Å². The lowest BCUT2D eigenvalue weighted by molar-refractivity contribution is 0.292. The Balaban J connectivity index is 1.95. The highest BCUT2D eigenvalue weighted by Crippen LogP contribution is 2.14. The highest BCUT2D eigenvalue weighted by molar-refractivity contribution is 5.39. The van der Waals surface area contributed by atoms with Crippen LogP contribution in [0.1, 0.15) is 5.56 Å². The number of hydrogen-bond donors (Lipinski definition) is 1. The highest BCUT2D eigenvalue weighted by atomic mass is 16.5. The maximum atomic E-state index is 5.60. The van der Waals surface area contributed by atoms with Crippen LogP contribution in [-0.4, -0.2) is 12.1 Å². The first-order chi connectivity index (χ1) is 8.28. The van der Waals surface area contributed by atoms with Crippen LogP contribution >= 0.6 is 0 Å². The summed E-state index contributed by atoms with van der Waals surface area (Å²) in [6.45, 7) is 0.472. The lowest BCUT2D eigenvalue weighted by Gasteiger charge is -2.06. The Hall–Kier alpha value is -2.23. The highest BCUT2D eigenvalue weighted by Gasteiger charge is 1.98. The van der Waals surface area contributed by atoms with Gasteiger partial charge in [-0.05, 0) is 23.8 Å². The molecule has 0 radical (unpaired) electrons. The predicted molar refractivity (Wildman–Crippen MR) is 66.0 cm³/mol. The van der Waals surface area contributed by atoms with E-state index in [-0.39, 0.29) is 0 Å². The number of anilines is 1. The molecule has 0 bridgehead atoms. The first-order valence-electron chi connectivity index (χ1n) is 5.25. The van der Waals surface area contributed by atoms with Crippen LogP contribution in [0, 0.1) is 0 Å². The third-order valence-electron chi connectivity index (χ3n) is 2.31. The van der Waals surface area contributed by atoms with E-state index < -0.39 is 0 Å². The summed E-state index contributed by atoms with van der Waals surface area (Å²) in [7, 11) is 1.60.